The number of carbonyl (C=O) groups is 1. The van der Waals surface area contributed by atoms with E-state index >= 15 is 0 Å². The number of piperazine rings is 1. The van der Waals surface area contributed by atoms with Gasteiger partial charge < -0.3 is 15.1 Å². The molecule has 0 bridgehead atoms. The van der Waals surface area contributed by atoms with Crippen LogP contribution in [0.25, 0.3) is 11.0 Å². The number of nitrogens with zero attached hydrogens (tertiary/aromatic N) is 4. The number of hydrogen-bond donors (Lipinski definition) is 1. The number of benzene rings is 2. The largest absolute Gasteiger partial charge is 0.352 e. The highest BCUT2D eigenvalue weighted by atomic mass is 35.5. The van der Waals surface area contributed by atoms with Crippen LogP contribution >= 0.6 is 11.6 Å². The van der Waals surface area contributed by atoms with Crippen molar-refractivity contribution in [3.8, 4) is 0 Å². The first-order valence-corrected chi connectivity index (χ1v) is 8.85. The lowest BCUT2D eigenvalue weighted by Crippen LogP contribution is -2.50. The van der Waals surface area contributed by atoms with Crippen molar-refractivity contribution < 1.29 is 4.79 Å². The predicted octanol–water partition coefficient (Wildman–Crippen LogP) is 3.64. The summed E-state index contributed by atoms with van der Waals surface area (Å²) in [5.74, 6) is 0.849. The molecule has 6 nitrogen and oxygen atoms in total. The summed E-state index contributed by atoms with van der Waals surface area (Å²) in [6.45, 7) is 2.71. The van der Waals surface area contributed by atoms with Crippen molar-refractivity contribution in [3.05, 3.63) is 59.8 Å². The molecule has 1 fully saturated rings. The first-order chi connectivity index (χ1) is 12.7. The summed E-state index contributed by atoms with van der Waals surface area (Å²) in [5, 5.41) is 3.55. The summed E-state index contributed by atoms with van der Waals surface area (Å²) in [7, 11) is 0. The van der Waals surface area contributed by atoms with Crippen molar-refractivity contribution in [1.82, 2.24) is 14.9 Å². The smallest absolute Gasteiger partial charge is 0.321 e. The van der Waals surface area contributed by atoms with Gasteiger partial charge in [-0.1, -0.05) is 23.7 Å². The molecule has 132 valence electrons. The monoisotopic (exact) mass is 367 g/mol. The van der Waals surface area contributed by atoms with Crippen LogP contribution in [0.5, 0.6) is 0 Å². The predicted molar refractivity (Wildman–Crippen MR) is 104 cm³/mol. The van der Waals surface area contributed by atoms with Gasteiger partial charge in [0.1, 0.15) is 5.82 Å². The van der Waals surface area contributed by atoms with E-state index in [0.29, 0.717) is 18.1 Å². The zero-order chi connectivity index (χ0) is 17.9. The summed E-state index contributed by atoms with van der Waals surface area (Å²) in [4.78, 5) is 25.5. The van der Waals surface area contributed by atoms with Gasteiger partial charge in [0.25, 0.3) is 0 Å². The third-order valence-electron chi connectivity index (χ3n) is 4.42. The molecule has 1 saturated heterocycles. The molecule has 2 heterocycles. The Labute approximate surface area is 156 Å². The van der Waals surface area contributed by atoms with E-state index in [2.05, 4.69) is 20.2 Å². The molecule has 3 aromatic rings. The van der Waals surface area contributed by atoms with Crippen LogP contribution in [0, 0.1) is 0 Å². The lowest BCUT2D eigenvalue weighted by Gasteiger charge is -2.35. The van der Waals surface area contributed by atoms with Crippen molar-refractivity contribution in [2.24, 2.45) is 0 Å². The zero-order valence-corrected chi connectivity index (χ0v) is 14.9. The molecular weight excluding hydrogens is 350 g/mol. The average molecular weight is 368 g/mol. The number of fused-ring (bicyclic) bond motifs is 1. The normalized spacial score (nSPS) is 14.5. The third kappa shape index (κ3) is 3.55. The Hall–Kier alpha value is -2.86. The van der Waals surface area contributed by atoms with Crippen LogP contribution in [0.3, 0.4) is 0 Å². The Morgan fingerprint density at radius 1 is 0.962 bits per heavy atom. The fourth-order valence-electron chi connectivity index (χ4n) is 2.97. The average Bonchev–Trinajstić information content (AvgIpc) is 2.69. The van der Waals surface area contributed by atoms with Crippen LogP contribution in [-0.4, -0.2) is 47.1 Å². The van der Waals surface area contributed by atoms with Gasteiger partial charge in [-0.15, -0.1) is 0 Å². The molecule has 0 unspecified atom stereocenters. The van der Waals surface area contributed by atoms with Gasteiger partial charge in [0.2, 0.25) is 0 Å². The molecule has 1 aromatic heterocycles. The van der Waals surface area contributed by atoms with Gasteiger partial charge in [0.15, 0.2) is 0 Å². The van der Waals surface area contributed by atoms with E-state index in [9.17, 15) is 4.79 Å². The van der Waals surface area contributed by atoms with Crippen molar-refractivity contribution in [1.29, 1.82) is 0 Å². The highest BCUT2D eigenvalue weighted by Crippen LogP contribution is 2.18. The SMILES string of the molecule is O=C(Nc1ccc(Cl)cc1)N1CCN(c2cnc3ccccc3n2)CC1. The van der Waals surface area contributed by atoms with Gasteiger partial charge in [-0.05, 0) is 36.4 Å². The van der Waals surface area contributed by atoms with E-state index < -0.39 is 0 Å². The Kier molecular flexibility index (Phi) is 4.58. The van der Waals surface area contributed by atoms with Crippen molar-refractivity contribution in [3.63, 3.8) is 0 Å². The third-order valence-corrected chi connectivity index (χ3v) is 4.67. The molecule has 1 N–H and O–H groups in total. The molecule has 0 saturated carbocycles. The number of halogens is 1. The molecule has 0 aliphatic carbocycles. The molecule has 0 spiro atoms. The molecule has 2 aromatic carbocycles. The molecule has 2 amide bonds. The van der Waals surface area contributed by atoms with Gasteiger partial charge in [-0.25, -0.2) is 9.78 Å². The number of anilines is 2. The number of carbonyl (C=O) groups excluding carboxylic acids is 1. The van der Waals surface area contributed by atoms with Gasteiger partial charge in [-0.2, -0.15) is 0 Å². The van der Waals surface area contributed by atoms with E-state index in [-0.39, 0.29) is 6.03 Å². The zero-order valence-electron chi connectivity index (χ0n) is 14.1. The van der Waals surface area contributed by atoms with Crippen molar-refractivity contribution in [2.45, 2.75) is 0 Å². The maximum absolute atomic E-state index is 12.4. The van der Waals surface area contributed by atoms with Crippen LogP contribution in [0.4, 0.5) is 16.3 Å². The van der Waals surface area contributed by atoms with Crippen molar-refractivity contribution >= 4 is 40.2 Å². The maximum Gasteiger partial charge on any atom is 0.321 e. The van der Waals surface area contributed by atoms with Crippen LogP contribution < -0.4 is 10.2 Å². The second-order valence-electron chi connectivity index (χ2n) is 6.13. The number of urea groups is 1. The second-order valence-corrected chi connectivity index (χ2v) is 6.56. The first-order valence-electron chi connectivity index (χ1n) is 8.47. The maximum atomic E-state index is 12.4. The topological polar surface area (TPSA) is 61.4 Å². The fourth-order valence-corrected chi connectivity index (χ4v) is 3.10. The van der Waals surface area contributed by atoms with Crippen LogP contribution in [-0.2, 0) is 0 Å². The molecule has 4 rings (SSSR count). The van der Waals surface area contributed by atoms with E-state index in [1.165, 1.54) is 0 Å². The quantitative estimate of drug-likeness (QED) is 0.751. The minimum Gasteiger partial charge on any atom is -0.352 e. The van der Waals surface area contributed by atoms with E-state index in [1.54, 1.807) is 35.4 Å². The molecular formula is C19H18ClN5O. The fraction of sp³-hybridized carbons (Fsp3) is 0.211. The Morgan fingerprint density at radius 2 is 1.65 bits per heavy atom. The van der Waals surface area contributed by atoms with Crippen molar-refractivity contribution in [2.75, 3.05) is 36.4 Å². The van der Waals surface area contributed by atoms with Gasteiger partial charge in [0, 0.05) is 36.9 Å². The number of rotatable bonds is 2. The van der Waals surface area contributed by atoms with E-state index in [0.717, 1.165) is 35.6 Å². The Bertz CT molecular complexity index is 923. The number of hydrogen-bond acceptors (Lipinski definition) is 4. The summed E-state index contributed by atoms with van der Waals surface area (Å²) >= 11 is 5.87. The molecule has 1 aliphatic rings. The summed E-state index contributed by atoms with van der Waals surface area (Å²) < 4.78 is 0. The number of amides is 2. The second kappa shape index (κ2) is 7.17. The molecule has 0 atom stereocenters. The first kappa shape index (κ1) is 16.6. The number of para-hydroxylation sites is 2. The number of nitrogens with one attached hydrogen (secondary N) is 1. The lowest BCUT2D eigenvalue weighted by atomic mass is 10.3. The van der Waals surface area contributed by atoms with Gasteiger partial charge >= 0.3 is 6.03 Å². The summed E-state index contributed by atoms with van der Waals surface area (Å²) in [5.41, 5.74) is 2.51. The molecule has 7 heteroatoms. The highest BCUT2D eigenvalue weighted by molar-refractivity contribution is 6.30. The number of aromatic nitrogens is 2. The van der Waals surface area contributed by atoms with E-state index in [4.69, 9.17) is 11.6 Å². The standard InChI is InChI=1S/C19H18ClN5O/c20-14-5-7-15(8-6-14)22-19(26)25-11-9-24(10-12-25)18-13-21-16-3-1-2-4-17(16)23-18/h1-8,13H,9-12H2,(H,22,26). The molecule has 0 radical (unpaired) electrons. The lowest BCUT2D eigenvalue weighted by molar-refractivity contribution is 0.208. The Morgan fingerprint density at radius 3 is 2.38 bits per heavy atom. The van der Waals surface area contributed by atoms with E-state index in [1.807, 2.05) is 24.3 Å². The summed E-state index contributed by atoms with van der Waals surface area (Å²) in [6.07, 6.45) is 1.80. The van der Waals surface area contributed by atoms with Gasteiger partial charge in [-0.3, -0.25) is 4.98 Å². The van der Waals surface area contributed by atoms with Crippen LogP contribution in [0.15, 0.2) is 54.7 Å². The summed E-state index contributed by atoms with van der Waals surface area (Å²) in [6, 6.07) is 14.8. The van der Waals surface area contributed by atoms with Crippen LogP contribution in [0.2, 0.25) is 5.02 Å². The molecule has 26 heavy (non-hydrogen) atoms. The molecule has 1 aliphatic heterocycles. The highest BCUT2D eigenvalue weighted by Gasteiger charge is 2.22. The minimum atomic E-state index is -0.100. The Balaban J connectivity index is 1.38. The van der Waals surface area contributed by atoms with Crippen LogP contribution in [0.1, 0.15) is 0 Å². The van der Waals surface area contributed by atoms with Gasteiger partial charge in [0.05, 0.1) is 17.2 Å². The minimum absolute atomic E-state index is 0.100.